The Kier molecular flexibility index (Phi) is 2.28. The fourth-order valence-electron chi connectivity index (χ4n) is 1.64. The molecule has 0 aromatic rings. The maximum atomic E-state index is 3.21. The van der Waals surface area contributed by atoms with Gasteiger partial charge in [-0.2, -0.15) is 0 Å². The number of allylic oxidation sites excluding steroid dienone is 6. The zero-order valence-electron chi connectivity index (χ0n) is 7.09. The summed E-state index contributed by atoms with van der Waals surface area (Å²) in [5.74, 6) is 0.687. The van der Waals surface area contributed by atoms with E-state index in [4.69, 9.17) is 0 Å². The van der Waals surface area contributed by atoms with E-state index in [1.54, 1.807) is 0 Å². The molecule has 2 rings (SSSR count). The van der Waals surface area contributed by atoms with Gasteiger partial charge in [0.05, 0.1) is 0 Å². The van der Waals surface area contributed by atoms with Crippen molar-refractivity contribution >= 4 is 0 Å². The highest BCUT2D eigenvalue weighted by Crippen LogP contribution is 2.20. The summed E-state index contributed by atoms with van der Waals surface area (Å²) >= 11 is 0. The maximum Gasteiger partial charge on any atom is 0.0296 e. The van der Waals surface area contributed by atoms with Crippen LogP contribution in [0.15, 0.2) is 36.1 Å². The van der Waals surface area contributed by atoms with Gasteiger partial charge in [0.1, 0.15) is 0 Å². The van der Waals surface area contributed by atoms with Gasteiger partial charge in [-0.3, -0.25) is 0 Å². The van der Waals surface area contributed by atoms with Crippen molar-refractivity contribution in [2.75, 3.05) is 6.54 Å². The molecule has 1 fully saturated rings. The van der Waals surface area contributed by atoms with Crippen molar-refractivity contribution in [2.45, 2.75) is 12.8 Å². The lowest BCUT2D eigenvalue weighted by Crippen LogP contribution is -2.40. The molecule has 0 radical (unpaired) electrons. The van der Waals surface area contributed by atoms with E-state index in [0.717, 1.165) is 13.0 Å². The second-order valence-corrected chi connectivity index (χ2v) is 3.21. The van der Waals surface area contributed by atoms with Crippen molar-refractivity contribution in [1.29, 1.82) is 0 Å². The highest BCUT2D eigenvalue weighted by Gasteiger charge is 2.16. The predicted octanol–water partition coefficient (Wildman–Crippen LogP) is 1.50. The Labute approximate surface area is 73.0 Å². The van der Waals surface area contributed by atoms with Gasteiger partial charge in [-0.05, 0) is 18.9 Å². The minimum Gasteiger partial charge on any atom is -0.325 e. The lowest BCUT2D eigenvalue weighted by molar-refractivity contribution is 0.401. The summed E-state index contributed by atoms with van der Waals surface area (Å²) in [7, 11) is 0. The van der Waals surface area contributed by atoms with Gasteiger partial charge >= 0.3 is 0 Å². The SMILES string of the molecule is C1=CC=C2NNCCC2CC=C1. The fraction of sp³-hybridized carbons (Fsp3) is 0.400. The molecular weight excluding hydrogens is 148 g/mol. The molecule has 1 unspecified atom stereocenters. The van der Waals surface area contributed by atoms with Crippen molar-refractivity contribution in [3.63, 3.8) is 0 Å². The van der Waals surface area contributed by atoms with Crippen LogP contribution in [0.4, 0.5) is 0 Å². The zero-order chi connectivity index (χ0) is 8.23. The maximum absolute atomic E-state index is 3.21. The molecule has 0 bridgehead atoms. The molecule has 1 heterocycles. The highest BCUT2D eigenvalue weighted by atomic mass is 15.4. The topological polar surface area (TPSA) is 24.1 Å². The van der Waals surface area contributed by atoms with E-state index in [0.29, 0.717) is 5.92 Å². The molecule has 2 aliphatic rings. The predicted molar refractivity (Wildman–Crippen MR) is 50.2 cm³/mol. The van der Waals surface area contributed by atoms with Gasteiger partial charge in [0.15, 0.2) is 0 Å². The lowest BCUT2D eigenvalue weighted by Gasteiger charge is -2.27. The largest absolute Gasteiger partial charge is 0.325 e. The van der Waals surface area contributed by atoms with E-state index in [1.165, 1.54) is 12.1 Å². The molecule has 0 saturated carbocycles. The molecule has 0 aromatic carbocycles. The van der Waals surface area contributed by atoms with Gasteiger partial charge < -0.3 is 5.43 Å². The van der Waals surface area contributed by atoms with Gasteiger partial charge in [0.25, 0.3) is 0 Å². The van der Waals surface area contributed by atoms with Gasteiger partial charge in [-0.15, -0.1) is 0 Å². The van der Waals surface area contributed by atoms with Gasteiger partial charge in [-0.25, -0.2) is 5.43 Å². The summed E-state index contributed by atoms with van der Waals surface area (Å²) < 4.78 is 0. The van der Waals surface area contributed by atoms with Crippen LogP contribution in [0.3, 0.4) is 0 Å². The van der Waals surface area contributed by atoms with Crippen LogP contribution in [-0.2, 0) is 0 Å². The number of hydrogen-bond acceptors (Lipinski definition) is 2. The fourth-order valence-corrected chi connectivity index (χ4v) is 1.64. The summed E-state index contributed by atoms with van der Waals surface area (Å²) in [6, 6.07) is 0. The molecule has 64 valence electrons. The standard InChI is InChI=1S/C10H14N2/c1-2-4-6-10-9(5-3-1)7-8-11-12-10/h1-4,6,9,11-12H,5,7-8H2. The van der Waals surface area contributed by atoms with E-state index in [2.05, 4.69) is 41.2 Å². The van der Waals surface area contributed by atoms with E-state index in [-0.39, 0.29) is 0 Å². The molecule has 12 heavy (non-hydrogen) atoms. The van der Waals surface area contributed by atoms with E-state index >= 15 is 0 Å². The van der Waals surface area contributed by atoms with Crippen LogP contribution in [0, 0.1) is 5.92 Å². The Hall–Kier alpha value is -1.02. The highest BCUT2D eigenvalue weighted by molar-refractivity contribution is 5.21. The first-order valence-electron chi connectivity index (χ1n) is 4.49. The number of hydrogen-bond donors (Lipinski definition) is 2. The van der Waals surface area contributed by atoms with Crippen LogP contribution in [0.2, 0.25) is 0 Å². The minimum atomic E-state index is 0.687. The van der Waals surface area contributed by atoms with Gasteiger partial charge in [0, 0.05) is 18.2 Å². The van der Waals surface area contributed by atoms with Crippen LogP contribution < -0.4 is 10.9 Å². The third kappa shape index (κ3) is 1.59. The van der Waals surface area contributed by atoms with Gasteiger partial charge in [0.2, 0.25) is 0 Å². The van der Waals surface area contributed by atoms with Crippen molar-refractivity contribution in [1.82, 2.24) is 10.9 Å². The second-order valence-electron chi connectivity index (χ2n) is 3.21. The third-order valence-corrected chi connectivity index (χ3v) is 2.35. The Morgan fingerprint density at radius 1 is 1.25 bits per heavy atom. The zero-order valence-corrected chi connectivity index (χ0v) is 7.09. The lowest BCUT2D eigenvalue weighted by atomic mass is 9.94. The minimum absolute atomic E-state index is 0.687. The van der Waals surface area contributed by atoms with E-state index in [9.17, 15) is 0 Å². The van der Waals surface area contributed by atoms with Crippen LogP contribution in [-0.4, -0.2) is 6.54 Å². The monoisotopic (exact) mass is 162 g/mol. The normalized spacial score (nSPS) is 28.0. The first-order valence-corrected chi connectivity index (χ1v) is 4.49. The summed E-state index contributed by atoms with van der Waals surface area (Å²) in [4.78, 5) is 0. The van der Waals surface area contributed by atoms with Crippen molar-refractivity contribution < 1.29 is 0 Å². The quantitative estimate of drug-likeness (QED) is 0.564. The van der Waals surface area contributed by atoms with Crippen molar-refractivity contribution in [3.8, 4) is 0 Å². The molecule has 2 heteroatoms. The number of hydrazine groups is 1. The molecule has 1 aliphatic heterocycles. The van der Waals surface area contributed by atoms with E-state index in [1.807, 2.05) is 0 Å². The van der Waals surface area contributed by atoms with Crippen molar-refractivity contribution in [2.24, 2.45) is 5.92 Å². The number of rotatable bonds is 0. The molecule has 1 saturated heterocycles. The molecular formula is C10H14N2. The molecule has 2 nitrogen and oxygen atoms in total. The van der Waals surface area contributed by atoms with Crippen molar-refractivity contribution in [3.05, 3.63) is 36.1 Å². The number of fused-ring (bicyclic) bond motifs is 1. The van der Waals surface area contributed by atoms with Gasteiger partial charge in [-0.1, -0.05) is 24.3 Å². The first kappa shape index (κ1) is 7.62. The molecule has 0 amide bonds. The Morgan fingerprint density at radius 2 is 2.25 bits per heavy atom. The molecule has 1 atom stereocenters. The summed E-state index contributed by atoms with van der Waals surface area (Å²) in [5, 5.41) is 0. The average Bonchev–Trinajstić information content (AvgIpc) is 2.06. The molecule has 1 aliphatic carbocycles. The van der Waals surface area contributed by atoms with Crippen LogP contribution in [0.25, 0.3) is 0 Å². The molecule has 0 spiro atoms. The Morgan fingerprint density at radius 3 is 3.25 bits per heavy atom. The third-order valence-electron chi connectivity index (χ3n) is 2.35. The second kappa shape index (κ2) is 3.59. The summed E-state index contributed by atoms with van der Waals surface area (Å²) in [6.45, 7) is 1.07. The van der Waals surface area contributed by atoms with Crippen LogP contribution >= 0.6 is 0 Å². The van der Waals surface area contributed by atoms with E-state index < -0.39 is 0 Å². The smallest absolute Gasteiger partial charge is 0.0296 e. The average molecular weight is 162 g/mol. The molecule has 2 N–H and O–H groups in total. The van der Waals surface area contributed by atoms with Crippen LogP contribution in [0.5, 0.6) is 0 Å². The summed E-state index contributed by atoms with van der Waals surface area (Å²) in [6.07, 6.45) is 13.1. The number of nitrogens with one attached hydrogen (secondary N) is 2. The Balaban J connectivity index is 2.16. The first-order chi connectivity index (χ1) is 5.97. The summed E-state index contributed by atoms with van der Waals surface area (Å²) in [5.41, 5.74) is 7.69. The van der Waals surface area contributed by atoms with Crippen LogP contribution in [0.1, 0.15) is 12.8 Å². The Bertz CT molecular complexity index is 238. The molecule has 0 aromatic heterocycles.